The Balaban J connectivity index is 2.41. The third-order valence-corrected chi connectivity index (χ3v) is 3.63. The second-order valence-corrected chi connectivity index (χ2v) is 4.61. The van der Waals surface area contributed by atoms with Crippen LogP contribution in [0.1, 0.15) is 6.42 Å². The lowest BCUT2D eigenvalue weighted by Gasteiger charge is -2.36. The Morgan fingerprint density at radius 2 is 2.22 bits per heavy atom. The van der Waals surface area contributed by atoms with Crippen LogP contribution in [0.4, 0.5) is 0 Å². The minimum atomic E-state index is -0.0552. The second-order valence-electron chi connectivity index (χ2n) is 2.44. The van der Waals surface area contributed by atoms with E-state index in [1.807, 2.05) is 11.9 Å². The lowest BCUT2D eigenvalue weighted by atomic mass is 10.5. The van der Waals surface area contributed by atoms with Crippen molar-refractivity contribution < 1.29 is 0 Å². The summed E-state index contributed by atoms with van der Waals surface area (Å²) in [6.07, 6.45) is 2.59. The summed E-state index contributed by atoms with van der Waals surface area (Å²) in [5.41, 5.74) is 0. The van der Waals surface area contributed by atoms with Gasteiger partial charge in [0.15, 0.2) is 0 Å². The molecule has 3 nitrogen and oxygen atoms in total. The molecule has 4 heteroatoms. The SMILES string of the molecule is CN1CCCP(C)N1N. The molecule has 0 saturated carbocycles. The highest BCUT2D eigenvalue weighted by molar-refractivity contribution is 7.54. The van der Waals surface area contributed by atoms with Gasteiger partial charge >= 0.3 is 0 Å². The van der Waals surface area contributed by atoms with E-state index < -0.39 is 0 Å². The van der Waals surface area contributed by atoms with E-state index in [2.05, 4.69) is 11.7 Å². The molecular weight excluding hydrogens is 133 g/mol. The molecule has 1 rings (SSSR count). The Bertz CT molecular complexity index is 88.2. The number of hydrazine groups is 2. The largest absolute Gasteiger partial charge is 0.251 e. The van der Waals surface area contributed by atoms with E-state index in [1.54, 1.807) is 0 Å². The Hall–Kier alpha value is 0.310. The third kappa shape index (κ3) is 1.62. The fourth-order valence-electron chi connectivity index (χ4n) is 0.994. The van der Waals surface area contributed by atoms with Gasteiger partial charge in [-0.1, -0.05) is 0 Å². The van der Waals surface area contributed by atoms with E-state index in [-0.39, 0.29) is 8.07 Å². The summed E-state index contributed by atoms with van der Waals surface area (Å²) in [4.78, 5) is 1.87. The van der Waals surface area contributed by atoms with Gasteiger partial charge in [-0.2, -0.15) is 4.89 Å². The second kappa shape index (κ2) is 2.93. The predicted octanol–water partition coefficient (Wildman–Crippen LogP) is 0.439. The van der Waals surface area contributed by atoms with Gasteiger partial charge in [-0.15, -0.1) is 0 Å². The van der Waals surface area contributed by atoms with Crippen LogP contribution in [0.15, 0.2) is 0 Å². The van der Waals surface area contributed by atoms with Crippen molar-refractivity contribution in [1.82, 2.24) is 9.90 Å². The fourth-order valence-corrected chi connectivity index (χ4v) is 2.41. The normalized spacial score (nSPS) is 33.0. The molecule has 0 amide bonds. The van der Waals surface area contributed by atoms with Crippen LogP contribution >= 0.6 is 8.07 Å². The molecule has 1 fully saturated rings. The average Bonchev–Trinajstić information content (AvgIpc) is 1.83. The number of nitrogens with zero attached hydrogens (tertiary/aromatic N) is 2. The summed E-state index contributed by atoms with van der Waals surface area (Å²) in [6.45, 7) is 3.33. The zero-order chi connectivity index (χ0) is 6.85. The molecule has 1 aliphatic heterocycles. The lowest BCUT2D eigenvalue weighted by Crippen LogP contribution is -2.45. The Morgan fingerprint density at radius 3 is 2.67 bits per heavy atom. The minimum absolute atomic E-state index is 0.0552. The van der Waals surface area contributed by atoms with Gasteiger partial charge < -0.3 is 0 Å². The van der Waals surface area contributed by atoms with Crippen molar-refractivity contribution >= 4 is 8.07 Å². The molecule has 1 atom stereocenters. The summed E-state index contributed by atoms with van der Waals surface area (Å²) in [6, 6.07) is 0. The standard InChI is InChI=1S/C5H14N3P/c1-7-4-3-5-9(2)8(7)6/h3-6H2,1-2H3. The molecule has 2 N–H and O–H groups in total. The van der Waals surface area contributed by atoms with Gasteiger partial charge in [0, 0.05) is 13.6 Å². The molecule has 54 valence electrons. The molecule has 0 bridgehead atoms. The Kier molecular flexibility index (Phi) is 2.42. The zero-order valence-corrected chi connectivity index (χ0v) is 6.93. The lowest BCUT2D eigenvalue weighted by molar-refractivity contribution is 0.0890. The van der Waals surface area contributed by atoms with E-state index in [0.717, 1.165) is 6.54 Å². The highest BCUT2D eigenvalue weighted by Gasteiger charge is 2.18. The highest BCUT2D eigenvalue weighted by Crippen LogP contribution is 2.37. The van der Waals surface area contributed by atoms with Crippen molar-refractivity contribution in [3.8, 4) is 0 Å². The van der Waals surface area contributed by atoms with Crippen LogP contribution in [0.5, 0.6) is 0 Å². The van der Waals surface area contributed by atoms with Crippen LogP contribution in [-0.2, 0) is 0 Å². The molecule has 1 saturated heterocycles. The summed E-state index contributed by atoms with van der Waals surface area (Å²) >= 11 is 0. The van der Waals surface area contributed by atoms with Crippen LogP contribution in [-0.4, -0.2) is 36.3 Å². The molecular formula is C5H14N3P. The molecule has 0 aromatic carbocycles. The maximum Gasteiger partial charge on any atom is 0.0150 e. The van der Waals surface area contributed by atoms with E-state index >= 15 is 0 Å². The van der Waals surface area contributed by atoms with E-state index in [4.69, 9.17) is 5.84 Å². The van der Waals surface area contributed by atoms with Crippen molar-refractivity contribution in [3.05, 3.63) is 0 Å². The molecule has 0 radical (unpaired) electrons. The van der Waals surface area contributed by atoms with E-state index in [9.17, 15) is 0 Å². The molecule has 9 heavy (non-hydrogen) atoms. The van der Waals surface area contributed by atoms with Gasteiger partial charge in [0.2, 0.25) is 0 Å². The van der Waals surface area contributed by atoms with E-state index in [0.29, 0.717) is 0 Å². The van der Waals surface area contributed by atoms with Crippen LogP contribution in [0.3, 0.4) is 0 Å². The Labute approximate surface area is 57.5 Å². The summed E-state index contributed by atoms with van der Waals surface area (Å²) in [7, 11) is 1.98. The smallest absolute Gasteiger partial charge is 0.0150 e. The summed E-state index contributed by atoms with van der Waals surface area (Å²) in [5, 5.41) is 2.09. The number of hydrogen-bond acceptors (Lipinski definition) is 3. The molecule has 0 aliphatic carbocycles. The fraction of sp³-hybridized carbons (Fsp3) is 1.00. The minimum Gasteiger partial charge on any atom is -0.251 e. The topological polar surface area (TPSA) is 32.5 Å². The molecule has 1 aliphatic rings. The number of rotatable bonds is 0. The van der Waals surface area contributed by atoms with Crippen molar-refractivity contribution in [2.45, 2.75) is 6.42 Å². The molecule has 0 aromatic rings. The first-order chi connectivity index (χ1) is 4.22. The molecule has 1 heterocycles. The molecule has 1 unspecified atom stereocenters. The molecule has 0 aromatic heterocycles. The van der Waals surface area contributed by atoms with Crippen molar-refractivity contribution in [2.24, 2.45) is 5.84 Å². The monoisotopic (exact) mass is 147 g/mol. The summed E-state index contributed by atoms with van der Waals surface area (Å²) < 4.78 is 0. The van der Waals surface area contributed by atoms with Gasteiger partial charge in [0.1, 0.15) is 0 Å². The van der Waals surface area contributed by atoms with Crippen molar-refractivity contribution in [2.75, 3.05) is 26.4 Å². The quantitative estimate of drug-likeness (QED) is 0.398. The van der Waals surface area contributed by atoms with Crippen LogP contribution < -0.4 is 5.84 Å². The van der Waals surface area contributed by atoms with Gasteiger partial charge in [-0.05, 0) is 27.3 Å². The van der Waals surface area contributed by atoms with Crippen LogP contribution in [0.25, 0.3) is 0 Å². The van der Waals surface area contributed by atoms with Crippen LogP contribution in [0.2, 0.25) is 0 Å². The van der Waals surface area contributed by atoms with Crippen molar-refractivity contribution in [1.29, 1.82) is 0 Å². The zero-order valence-electron chi connectivity index (χ0n) is 6.04. The number of hydrogen-bond donors (Lipinski definition) is 1. The molecule has 0 spiro atoms. The van der Waals surface area contributed by atoms with E-state index in [1.165, 1.54) is 12.6 Å². The van der Waals surface area contributed by atoms with Gasteiger partial charge in [-0.3, -0.25) is 5.84 Å². The first-order valence-electron chi connectivity index (χ1n) is 3.19. The maximum absolute atomic E-state index is 5.71. The van der Waals surface area contributed by atoms with Gasteiger partial charge in [0.25, 0.3) is 0 Å². The maximum atomic E-state index is 5.71. The summed E-state index contributed by atoms with van der Waals surface area (Å²) in [5.74, 6) is 5.71. The highest BCUT2D eigenvalue weighted by atomic mass is 31.1. The Morgan fingerprint density at radius 1 is 1.56 bits per heavy atom. The predicted molar refractivity (Wildman–Crippen MR) is 41.0 cm³/mol. The van der Waals surface area contributed by atoms with Crippen LogP contribution in [0, 0.1) is 0 Å². The van der Waals surface area contributed by atoms with Crippen molar-refractivity contribution in [3.63, 3.8) is 0 Å². The number of nitrogens with two attached hydrogens (primary N) is 1. The third-order valence-electron chi connectivity index (χ3n) is 1.66. The average molecular weight is 147 g/mol. The first kappa shape index (κ1) is 7.42. The first-order valence-corrected chi connectivity index (χ1v) is 5.11. The van der Waals surface area contributed by atoms with Gasteiger partial charge in [-0.25, -0.2) is 5.01 Å². The van der Waals surface area contributed by atoms with Gasteiger partial charge in [0.05, 0.1) is 0 Å².